The lowest BCUT2D eigenvalue weighted by atomic mass is 9.82. The Kier molecular flexibility index (Phi) is 4.74. The summed E-state index contributed by atoms with van der Waals surface area (Å²) in [4.78, 5) is 0.449. The molecule has 0 saturated heterocycles. The van der Waals surface area contributed by atoms with E-state index in [1.54, 1.807) is 0 Å². The normalized spacial score (nSPS) is 13.2. The molecular weight excluding hydrogens is 240 g/mol. The van der Waals surface area contributed by atoms with E-state index in [-0.39, 0.29) is 0 Å². The highest BCUT2D eigenvalue weighted by Gasteiger charge is 2.20. The van der Waals surface area contributed by atoms with Gasteiger partial charge in [-0.1, -0.05) is 52.0 Å². The first-order valence-electron chi connectivity index (χ1n) is 6.36. The van der Waals surface area contributed by atoms with Crippen LogP contribution in [-0.4, -0.2) is 11.5 Å². The highest BCUT2D eigenvalue weighted by molar-refractivity contribution is 7.80. The van der Waals surface area contributed by atoms with E-state index >= 15 is 0 Å². The van der Waals surface area contributed by atoms with Crippen LogP contribution in [0.2, 0.25) is 0 Å². The maximum Gasteiger partial charge on any atom is 0.106 e. The van der Waals surface area contributed by atoms with Gasteiger partial charge in [0.15, 0.2) is 0 Å². The van der Waals surface area contributed by atoms with Crippen LogP contribution in [0.1, 0.15) is 38.8 Å². The summed E-state index contributed by atoms with van der Waals surface area (Å²) in [5, 5.41) is 3.50. The summed E-state index contributed by atoms with van der Waals surface area (Å²) < 4.78 is 0. The fraction of sp³-hybridized carbons (Fsp3) is 0.533. The van der Waals surface area contributed by atoms with Crippen LogP contribution in [0.25, 0.3) is 0 Å². The molecule has 0 saturated carbocycles. The summed E-state index contributed by atoms with van der Waals surface area (Å²) in [6.45, 7) is 12.0. The zero-order chi connectivity index (χ0) is 13.9. The second-order valence-corrected chi connectivity index (χ2v) is 6.45. The first-order valence-corrected chi connectivity index (χ1v) is 6.77. The number of thiocarbonyl (C=S) groups is 1. The van der Waals surface area contributed by atoms with Crippen LogP contribution in [-0.2, 0) is 0 Å². The van der Waals surface area contributed by atoms with E-state index in [0.717, 1.165) is 17.8 Å². The van der Waals surface area contributed by atoms with Gasteiger partial charge in [0.05, 0.1) is 0 Å². The summed E-state index contributed by atoms with van der Waals surface area (Å²) in [6, 6.07) is 6.04. The SMILES string of the molecule is Cc1cccc(C(N)=S)c1NCC(C)C(C)(C)C. The van der Waals surface area contributed by atoms with Gasteiger partial charge < -0.3 is 11.1 Å². The van der Waals surface area contributed by atoms with E-state index in [9.17, 15) is 0 Å². The zero-order valence-corrected chi connectivity index (χ0v) is 12.8. The van der Waals surface area contributed by atoms with Crippen molar-refractivity contribution in [1.82, 2.24) is 0 Å². The van der Waals surface area contributed by atoms with Crippen molar-refractivity contribution in [3.63, 3.8) is 0 Å². The molecule has 18 heavy (non-hydrogen) atoms. The third-order valence-corrected chi connectivity index (χ3v) is 3.82. The van der Waals surface area contributed by atoms with Crippen LogP contribution in [0.5, 0.6) is 0 Å². The number of nitrogens with two attached hydrogens (primary N) is 1. The highest BCUT2D eigenvalue weighted by atomic mass is 32.1. The summed E-state index contributed by atoms with van der Waals surface area (Å²) in [6.07, 6.45) is 0. The zero-order valence-electron chi connectivity index (χ0n) is 12.0. The average molecular weight is 264 g/mol. The Hall–Kier alpha value is -1.09. The van der Waals surface area contributed by atoms with Crippen molar-refractivity contribution in [3.8, 4) is 0 Å². The first-order chi connectivity index (χ1) is 8.23. The van der Waals surface area contributed by atoms with Crippen LogP contribution < -0.4 is 11.1 Å². The molecule has 0 heterocycles. The Labute approximate surface area is 116 Å². The number of para-hydroxylation sites is 1. The van der Waals surface area contributed by atoms with E-state index in [4.69, 9.17) is 18.0 Å². The number of hydrogen-bond donors (Lipinski definition) is 2. The van der Waals surface area contributed by atoms with Crippen molar-refractivity contribution in [3.05, 3.63) is 29.3 Å². The van der Waals surface area contributed by atoms with Crippen molar-refractivity contribution in [1.29, 1.82) is 0 Å². The molecule has 0 spiro atoms. The van der Waals surface area contributed by atoms with Crippen molar-refractivity contribution in [2.45, 2.75) is 34.6 Å². The van der Waals surface area contributed by atoms with Gasteiger partial charge >= 0.3 is 0 Å². The Bertz CT molecular complexity index is 433. The van der Waals surface area contributed by atoms with Gasteiger partial charge in [-0.15, -0.1) is 0 Å². The molecular formula is C15H24N2S. The minimum atomic E-state index is 0.291. The number of benzene rings is 1. The van der Waals surface area contributed by atoms with Gasteiger partial charge in [-0.25, -0.2) is 0 Å². The van der Waals surface area contributed by atoms with E-state index in [1.807, 2.05) is 12.1 Å². The van der Waals surface area contributed by atoms with Crippen LogP contribution >= 0.6 is 12.2 Å². The Morgan fingerprint density at radius 1 is 1.39 bits per heavy atom. The molecule has 0 aliphatic carbocycles. The van der Waals surface area contributed by atoms with E-state index in [0.29, 0.717) is 16.3 Å². The summed E-state index contributed by atoms with van der Waals surface area (Å²) in [5.41, 5.74) is 9.25. The van der Waals surface area contributed by atoms with Gasteiger partial charge in [0.25, 0.3) is 0 Å². The predicted molar refractivity (Wildman–Crippen MR) is 84.2 cm³/mol. The van der Waals surface area contributed by atoms with Crippen LogP contribution in [0, 0.1) is 18.3 Å². The van der Waals surface area contributed by atoms with Gasteiger partial charge in [-0.05, 0) is 29.9 Å². The third kappa shape index (κ3) is 3.70. The van der Waals surface area contributed by atoms with Crippen molar-refractivity contribution in [2.24, 2.45) is 17.1 Å². The third-order valence-electron chi connectivity index (χ3n) is 3.60. The quantitative estimate of drug-likeness (QED) is 0.814. The van der Waals surface area contributed by atoms with Gasteiger partial charge in [-0.3, -0.25) is 0 Å². The maximum absolute atomic E-state index is 5.77. The topological polar surface area (TPSA) is 38.0 Å². The minimum Gasteiger partial charge on any atom is -0.389 e. The molecule has 3 N–H and O–H groups in total. The molecule has 0 aromatic heterocycles. The number of anilines is 1. The molecule has 0 radical (unpaired) electrons. The lowest BCUT2D eigenvalue weighted by molar-refractivity contribution is 0.274. The van der Waals surface area contributed by atoms with Gasteiger partial charge in [0.2, 0.25) is 0 Å². The monoisotopic (exact) mass is 264 g/mol. The molecule has 1 unspecified atom stereocenters. The number of rotatable bonds is 4. The molecule has 0 aliphatic heterocycles. The van der Waals surface area contributed by atoms with Gasteiger partial charge in [0, 0.05) is 17.8 Å². The molecule has 2 nitrogen and oxygen atoms in total. The van der Waals surface area contributed by atoms with E-state index in [2.05, 4.69) is 46.0 Å². The van der Waals surface area contributed by atoms with Gasteiger partial charge in [-0.2, -0.15) is 0 Å². The molecule has 1 rings (SSSR count). The number of nitrogens with one attached hydrogen (secondary N) is 1. The Balaban J connectivity index is 2.88. The van der Waals surface area contributed by atoms with E-state index in [1.165, 1.54) is 5.56 Å². The predicted octanol–water partition coefficient (Wildman–Crippen LogP) is 3.72. The van der Waals surface area contributed by atoms with Crippen molar-refractivity contribution >= 4 is 22.9 Å². The number of hydrogen-bond acceptors (Lipinski definition) is 2. The molecule has 1 aromatic carbocycles. The Morgan fingerprint density at radius 2 is 2.00 bits per heavy atom. The highest BCUT2D eigenvalue weighted by Crippen LogP contribution is 2.27. The lowest BCUT2D eigenvalue weighted by Crippen LogP contribution is -2.26. The summed E-state index contributed by atoms with van der Waals surface area (Å²) in [5.74, 6) is 0.566. The van der Waals surface area contributed by atoms with E-state index < -0.39 is 0 Å². The molecule has 1 atom stereocenters. The molecule has 0 aliphatic rings. The fourth-order valence-corrected chi connectivity index (χ4v) is 1.84. The van der Waals surface area contributed by atoms with Gasteiger partial charge in [0.1, 0.15) is 4.99 Å². The second-order valence-electron chi connectivity index (χ2n) is 6.01. The van der Waals surface area contributed by atoms with Crippen molar-refractivity contribution in [2.75, 3.05) is 11.9 Å². The van der Waals surface area contributed by atoms with Crippen LogP contribution in [0.15, 0.2) is 18.2 Å². The molecule has 0 fully saturated rings. The number of aryl methyl sites for hydroxylation is 1. The summed E-state index contributed by atoms with van der Waals surface area (Å²) >= 11 is 5.10. The molecule has 100 valence electrons. The molecule has 0 amide bonds. The molecule has 0 bridgehead atoms. The molecule has 1 aromatic rings. The fourth-order valence-electron chi connectivity index (χ4n) is 1.67. The Morgan fingerprint density at radius 3 is 2.50 bits per heavy atom. The average Bonchev–Trinajstić information content (AvgIpc) is 2.25. The largest absolute Gasteiger partial charge is 0.389 e. The summed E-state index contributed by atoms with van der Waals surface area (Å²) in [7, 11) is 0. The van der Waals surface area contributed by atoms with Crippen LogP contribution in [0.3, 0.4) is 0 Å². The smallest absolute Gasteiger partial charge is 0.106 e. The standard InChI is InChI=1S/C15H24N2S/c1-10-7-6-8-12(14(16)18)13(10)17-9-11(2)15(3,4)5/h6-8,11,17H,9H2,1-5H3,(H2,16,18). The maximum atomic E-state index is 5.77. The molecule has 3 heteroatoms. The van der Waals surface area contributed by atoms with Crippen LogP contribution in [0.4, 0.5) is 5.69 Å². The lowest BCUT2D eigenvalue weighted by Gasteiger charge is -2.28. The first kappa shape index (κ1) is 15.0. The second kappa shape index (κ2) is 5.70. The minimum absolute atomic E-state index is 0.291. The van der Waals surface area contributed by atoms with Crippen molar-refractivity contribution < 1.29 is 0 Å².